The van der Waals surface area contributed by atoms with Gasteiger partial charge in [0, 0.05) is 17.4 Å². The fourth-order valence-corrected chi connectivity index (χ4v) is 2.55. The standard InChI is InChI=1S/C11H11ClF3NO/c12-4-7-9(6-3-8(6)11(13,14)15)16-17-10(7)5-1-2-5/h5-6,8H,1-4H2. The van der Waals surface area contributed by atoms with E-state index in [2.05, 4.69) is 5.16 Å². The fraction of sp³-hybridized carbons (Fsp3) is 0.727. The van der Waals surface area contributed by atoms with E-state index in [0.29, 0.717) is 22.9 Å². The molecule has 1 aromatic rings. The maximum absolute atomic E-state index is 12.5. The van der Waals surface area contributed by atoms with Crippen molar-refractivity contribution in [3.63, 3.8) is 0 Å². The van der Waals surface area contributed by atoms with Crippen molar-refractivity contribution in [1.82, 2.24) is 5.16 Å². The van der Waals surface area contributed by atoms with Crippen LogP contribution in [0.1, 0.15) is 48.1 Å². The zero-order valence-corrected chi connectivity index (χ0v) is 9.68. The topological polar surface area (TPSA) is 26.0 Å². The van der Waals surface area contributed by atoms with Gasteiger partial charge in [-0.15, -0.1) is 11.6 Å². The highest BCUT2D eigenvalue weighted by Gasteiger charge is 2.58. The molecule has 6 heteroatoms. The molecule has 2 aliphatic carbocycles. The molecule has 1 heterocycles. The van der Waals surface area contributed by atoms with Crippen molar-refractivity contribution < 1.29 is 17.7 Å². The average Bonchev–Trinajstić information content (AvgIpc) is 3.13. The van der Waals surface area contributed by atoms with E-state index in [-0.39, 0.29) is 12.3 Å². The van der Waals surface area contributed by atoms with Crippen LogP contribution in [0.3, 0.4) is 0 Å². The Morgan fingerprint density at radius 1 is 1.35 bits per heavy atom. The molecule has 2 nitrogen and oxygen atoms in total. The molecule has 0 aromatic carbocycles. The highest BCUT2D eigenvalue weighted by atomic mass is 35.5. The van der Waals surface area contributed by atoms with Gasteiger partial charge < -0.3 is 4.52 Å². The molecule has 0 radical (unpaired) electrons. The first-order valence-electron chi connectivity index (χ1n) is 5.63. The van der Waals surface area contributed by atoms with Gasteiger partial charge >= 0.3 is 6.18 Å². The predicted octanol–water partition coefficient (Wildman–Crippen LogP) is 3.96. The van der Waals surface area contributed by atoms with Crippen molar-refractivity contribution in [2.75, 3.05) is 0 Å². The third kappa shape index (κ3) is 1.94. The fourth-order valence-electron chi connectivity index (χ4n) is 2.29. The Kier molecular flexibility index (Phi) is 2.44. The maximum atomic E-state index is 12.5. The van der Waals surface area contributed by atoms with E-state index in [0.717, 1.165) is 12.8 Å². The van der Waals surface area contributed by atoms with Crippen LogP contribution >= 0.6 is 11.6 Å². The van der Waals surface area contributed by atoms with E-state index in [9.17, 15) is 13.2 Å². The summed E-state index contributed by atoms with van der Waals surface area (Å²) >= 11 is 5.80. The highest BCUT2D eigenvalue weighted by Crippen LogP contribution is 2.57. The number of rotatable bonds is 3. The molecular formula is C11H11ClF3NO. The van der Waals surface area contributed by atoms with Crippen LogP contribution in [0, 0.1) is 5.92 Å². The van der Waals surface area contributed by atoms with Crippen LogP contribution in [0.5, 0.6) is 0 Å². The van der Waals surface area contributed by atoms with Gasteiger partial charge in [-0.2, -0.15) is 13.2 Å². The van der Waals surface area contributed by atoms with E-state index in [4.69, 9.17) is 16.1 Å². The van der Waals surface area contributed by atoms with Crippen LogP contribution in [0.15, 0.2) is 4.52 Å². The van der Waals surface area contributed by atoms with Crippen molar-refractivity contribution in [2.45, 2.75) is 43.2 Å². The summed E-state index contributed by atoms with van der Waals surface area (Å²) in [5.74, 6) is -0.580. The monoisotopic (exact) mass is 265 g/mol. The second kappa shape index (κ2) is 3.64. The number of hydrogen-bond acceptors (Lipinski definition) is 2. The van der Waals surface area contributed by atoms with E-state index >= 15 is 0 Å². The van der Waals surface area contributed by atoms with E-state index < -0.39 is 18.0 Å². The lowest BCUT2D eigenvalue weighted by Crippen LogP contribution is -2.11. The van der Waals surface area contributed by atoms with Crippen LogP contribution in [-0.2, 0) is 5.88 Å². The van der Waals surface area contributed by atoms with Crippen molar-refractivity contribution >= 4 is 11.6 Å². The van der Waals surface area contributed by atoms with E-state index in [1.54, 1.807) is 0 Å². The Morgan fingerprint density at radius 3 is 2.53 bits per heavy atom. The van der Waals surface area contributed by atoms with Gasteiger partial charge in [0.05, 0.1) is 17.5 Å². The molecular weight excluding hydrogens is 255 g/mol. The summed E-state index contributed by atoms with van der Waals surface area (Å²) in [4.78, 5) is 0. The van der Waals surface area contributed by atoms with Gasteiger partial charge in [-0.1, -0.05) is 5.16 Å². The molecule has 2 aliphatic rings. The third-order valence-electron chi connectivity index (χ3n) is 3.49. The first-order chi connectivity index (χ1) is 8.02. The minimum atomic E-state index is -4.13. The molecule has 0 spiro atoms. The molecule has 0 bridgehead atoms. The summed E-state index contributed by atoms with van der Waals surface area (Å²) in [5, 5.41) is 3.81. The second-order valence-electron chi connectivity index (χ2n) is 4.81. The Labute approximate surface area is 101 Å². The number of nitrogens with zero attached hydrogens (tertiary/aromatic N) is 1. The Morgan fingerprint density at radius 2 is 2.06 bits per heavy atom. The number of halogens is 4. The van der Waals surface area contributed by atoms with Crippen molar-refractivity contribution in [1.29, 1.82) is 0 Å². The van der Waals surface area contributed by atoms with Gasteiger partial charge in [-0.05, 0) is 19.3 Å². The Balaban J connectivity index is 1.85. The van der Waals surface area contributed by atoms with Gasteiger partial charge in [0.25, 0.3) is 0 Å². The van der Waals surface area contributed by atoms with E-state index in [1.165, 1.54) is 0 Å². The summed E-state index contributed by atoms with van der Waals surface area (Å²) in [6.07, 6.45) is -1.98. The first-order valence-corrected chi connectivity index (χ1v) is 6.16. The molecule has 2 unspecified atom stereocenters. The van der Waals surface area contributed by atoms with Crippen LogP contribution in [-0.4, -0.2) is 11.3 Å². The molecule has 0 N–H and O–H groups in total. The smallest absolute Gasteiger partial charge is 0.360 e. The van der Waals surface area contributed by atoms with Crippen molar-refractivity contribution in [2.24, 2.45) is 5.92 Å². The van der Waals surface area contributed by atoms with Gasteiger partial charge in [0.1, 0.15) is 5.76 Å². The molecule has 0 saturated heterocycles. The van der Waals surface area contributed by atoms with Crippen molar-refractivity contribution in [3.05, 3.63) is 17.0 Å². The van der Waals surface area contributed by atoms with Gasteiger partial charge in [0.15, 0.2) is 0 Å². The zero-order chi connectivity index (χ0) is 12.2. The number of aromatic nitrogens is 1. The second-order valence-corrected chi connectivity index (χ2v) is 5.08. The number of hydrogen-bond donors (Lipinski definition) is 0. The molecule has 2 atom stereocenters. The normalized spacial score (nSPS) is 28.5. The van der Waals surface area contributed by atoms with Crippen LogP contribution in [0.4, 0.5) is 13.2 Å². The molecule has 0 aliphatic heterocycles. The molecule has 94 valence electrons. The Bertz CT molecular complexity index is 438. The lowest BCUT2D eigenvalue weighted by molar-refractivity contribution is -0.148. The van der Waals surface area contributed by atoms with Gasteiger partial charge in [-0.3, -0.25) is 0 Å². The van der Waals surface area contributed by atoms with Crippen LogP contribution in [0.25, 0.3) is 0 Å². The minimum Gasteiger partial charge on any atom is -0.360 e. The van der Waals surface area contributed by atoms with Crippen LogP contribution < -0.4 is 0 Å². The lowest BCUT2D eigenvalue weighted by Gasteiger charge is -2.04. The molecule has 2 saturated carbocycles. The quantitative estimate of drug-likeness (QED) is 0.773. The molecule has 2 fully saturated rings. The zero-order valence-electron chi connectivity index (χ0n) is 8.93. The molecule has 1 aromatic heterocycles. The number of alkyl halides is 4. The third-order valence-corrected chi connectivity index (χ3v) is 3.76. The SMILES string of the molecule is FC(F)(F)C1CC1c1noc(C2CC2)c1CCl. The first kappa shape index (κ1) is 11.4. The minimum absolute atomic E-state index is 0.115. The molecule has 17 heavy (non-hydrogen) atoms. The van der Waals surface area contributed by atoms with Crippen LogP contribution in [0.2, 0.25) is 0 Å². The molecule has 3 rings (SSSR count). The largest absolute Gasteiger partial charge is 0.392 e. The van der Waals surface area contributed by atoms with Gasteiger partial charge in [-0.25, -0.2) is 0 Å². The summed E-state index contributed by atoms with van der Waals surface area (Å²) in [6, 6.07) is 0. The van der Waals surface area contributed by atoms with E-state index in [1.807, 2.05) is 0 Å². The Hall–Kier alpha value is -0.710. The molecule has 0 amide bonds. The summed E-state index contributed by atoms with van der Waals surface area (Å²) in [7, 11) is 0. The predicted molar refractivity (Wildman–Crippen MR) is 54.9 cm³/mol. The van der Waals surface area contributed by atoms with Gasteiger partial charge in [0.2, 0.25) is 0 Å². The highest BCUT2D eigenvalue weighted by molar-refractivity contribution is 6.17. The van der Waals surface area contributed by atoms with Crippen molar-refractivity contribution in [3.8, 4) is 0 Å². The maximum Gasteiger partial charge on any atom is 0.392 e. The average molecular weight is 266 g/mol. The lowest BCUT2D eigenvalue weighted by atomic mass is 10.1. The summed E-state index contributed by atoms with van der Waals surface area (Å²) in [5.41, 5.74) is 1.13. The summed E-state index contributed by atoms with van der Waals surface area (Å²) in [6.45, 7) is 0. The summed E-state index contributed by atoms with van der Waals surface area (Å²) < 4.78 is 42.7.